The molecule has 3 nitrogen and oxygen atoms in total. The van der Waals surface area contributed by atoms with E-state index >= 15 is 0 Å². The van der Waals surface area contributed by atoms with Crippen molar-refractivity contribution in [2.75, 3.05) is 0 Å². The summed E-state index contributed by atoms with van der Waals surface area (Å²) in [5.41, 5.74) is 2.39. The third-order valence-corrected chi connectivity index (χ3v) is 3.91. The van der Waals surface area contributed by atoms with Crippen LogP contribution in [-0.4, -0.2) is 22.9 Å². The summed E-state index contributed by atoms with van der Waals surface area (Å²) >= 11 is 1.49. The molecule has 14 heavy (non-hydrogen) atoms. The van der Waals surface area contributed by atoms with Gasteiger partial charge in [0.2, 0.25) is 0 Å². The summed E-state index contributed by atoms with van der Waals surface area (Å²) in [5, 5.41) is 5.33. The maximum Gasteiger partial charge on any atom is 0.186 e. The molecule has 74 valence electrons. The third kappa shape index (κ3) is 1.21. The van der Waals surface area contributed by atoms with E-state index in [1.807, 2.05) is 5.38 Å². The zero-order valence-corrected chi connectivity index (χ0v) is 8.59. The molecule has 1 aromatic heterocycles. The predicted octanol–water partition coefficient (Wildman–Crippen LogP) is 1.47. The Balaban J connectivity index is 1.81. The van der Waals surface area contributed by atoms with Crippen molar-refractivity contribution in [3.8, 4) is 0 Å². The smallest absolute Gasteiger partial charge is 0.186 e. The number of nitrogens with one attached hydrogen (secondary N) is 1. The van der Waals surface area contributed by atoms with Crippen molar-refractivity contribution in [3.63, 3.8) is 0 Å². The summed E-state index contributed by atoms with van der Waals surface area (Å²) in [6.07, 6.45) is 3.41. The van der Waals surface area contributed by atoms with Gasteiger partial charge in [-0.1, -0.05) is 0 Å². The molecule has 2 aliphatic rings. The van der Waals surface area contributed by atoms with Gasteiger partial charge in [-0.3, -0.25) is 4.79 Å². The third-order valence-electron chi connectivity index (χ3n) is 3.32. The molecule has 0 spiro atoms. The second kappa shape index (κ2) is 3.14. The van der Waals surface area contributed by atoms with Crippen molar-refractivity contribution in [2.24, 2.45) is 5.92 Å². The molecule has 0 saturated carbocycles. The van der Waals surface area contributed by atoms with Gasteiger partial charge in [0.05, 0.1) is 5.51 Å². The van der Waals surface area contributed by atoms with Crippen molar-refractivity contribution >= 4 is 17.1 Å². The topological polar surface area (TPSA) is 42.0 Å². The van der Waals surface area contributed by atoms with Gasteiger partial charge in [0.15, 0.2) is 5.78 Å². The van der Waals surface area contributed by atoms with Gasteiger partial charge in [-0.05, 0) is 19.3 Å². The maximum absolute atomic E-state index is 12.0. The van der Waals surface area contributed by atoms with Gasteiger partial charge >= 0.3 is 0 Å². The van der Waals surface area contributed by atoms with Crippen molar-refractivity contribution in [3.05, 3.63) is 16.6 Å². The van der Waals surface area contributed by atoms with Crippen molar-refractivity contribution in [1.82, 2.24) is 10.3 Å². The molecule has 0 amide bonds. The average Bonchev–Trinajstić information content (AvgIpc) is 2.93. The van der Waals surface area contributed by atoms with E-state index < -0.39 is 0 Å². The molecule has 3 rings (SSSR count). The summed E-state index contributed by atoms with van der Waals surface area (Å²) in [7, 11) is 0. The van der Waals surface area contributed by atoms with Crippen molar-refractivity contribution < 1.29 is 4.79 Å². The van der Waals surface area contributed by atoms with E-state index in [4.69, 9.17) is 0 Å². The molecule has 3 atom stereocenters. The molecule has 0 radical (unpaired) electrons. The molecule has 0 aliphatic carbocycles. The lowest BCUT2D eigenvalue weighted by Gasteiger charge is -2.17. The molecule has 0 aromatic carbocycles. The van der Waals surface area contributed by atoms with E-state index in [0.717, 1.165) is 12.8 Å². The number of nitrogens with zero attached hydrogens (tertiary/aromatic N) is 1. The van der Waals surface area contributed by atoms with E-state index in [1.165, 1.54) is 17.8 Å². The van der Waals surface area contributed by atoms with Crippen LogP contribution >= 0.6 is 11.3 Å². The lowest BCUT2D eigenvalue weighted by Crippen LogP contribution is -2.28. The Morgan fingerprint density at radius 2 is 2.50 bits per heavy atom. The molecule has 3 unspecified atom stereocenters. The van der Waals surface area contributed by atoms with Gasteiger partial charge in [0.1, 0.15) is 5.69 Å². The number of thiazole rings is 1. The molecule has 2 aliphatic heterocycles. The van der Waals surface area contributed by atoms with E-state index in [9.17, 15) is 4.79 Å². The number of carbonyl (C=O) groups is 1. The Morgan fingerprint density at radius 1 is 1.57 bits per heavy atom. The molecule has 2 saturated heterocycles. The lowest BCUT2D eigenvalue weighted by atomic mass is 9.85. The fourth-order valence-electron chi connectivity index (χ4n) is 2.64. The van der Waals surface area contributed by atoms with Crippen LogP contribution in [0.4, 0.5) is 0 Å². The molecule has 4 heteroatoms. The second-order valence-corrected chi connectivity index (χ2v) is 4.85. The number of hydrogen-bond donors (Lipinski definition) is 1. The number of Topliss-reactive ketones (excluding diaryl/α,β-unsaturated/α-hetero) is 1. The first-order chi connectivity index (χ1) is 6.84. The van der Waals surface area contributed by atoms with E-state index in [-0.39, 0.29) is 11.7 Å². The maximum atomic E-state index is 12.0. The standard InChI is InChI=1S/C10H12N2OS/c13-10(9-4-14-5-11-9)7-3-6-1-2-8(7)12-6/h4-8,12H,1-3H2. The zero-order chi connectivity index (χ0) is 9.54. The Hall–Kier alpha value is -0.740. The summed E-state index contributed by atoms with van der Waals surface area (Å²) < 4.78 is 0. The molecule has 1 N–H and O–H groups in total. The predicted molar refractivity (Wildman–Crippen MR) is 54.5 cm³/mol. The number of fused-ring (bicyclic) bond motifs is 2. The fourth-order valence-corrected chi connectivity index (χ4v) is 3.18. The van der Waals surface area contributed by atoms with E-state index in [1.54, 1.807) is 5.51 Å². The van der Waals surface area contributed by atoms with E-state index in [0.29, 0.717) is 17.8 Å². The fraction of sp³-hybridized carbons (Fsp3) is 0.600. The summed E-state index contributed by atoms with van der Waals surface area (Å²) in [6, 6.07) is 1.02. The number of hydrogen-bond acceptors (Lipinski definition) is 4. The normalized spacial score (nSPS) is 35.0. The average molecular weight is 208 g/mol. The number of rotatable bonds is 2. The minimum atomic E-state index is 0.191. The Morgan fingerprint density at radius 3 is 3.07 bits per heavy atom. The van der Waals surface area contributed by atoms with Gasteiger partial charge in [-0.15, -0.1) is 11.3 Å². The van der Waals surface area contributed by atoms with Crippen LogP contribution in [0.1, 0.15) is 29.8 Å². The van der Waals surface area contributed by atoms with Crippen LogP contribution in [-0.2, 0) is 0 Å². The monoisotopic (exact) mass is 208 g/mol. The van der Waals surface area contributed by atoms with Crippen LogP contribution in [0, 0.1) is 5.92 Å². The molecule has 2 bridgehead atoms. The highest BCUT2D eigenvalue weighted by atomic mass is 32.1. The Bertz CT molecular complexity index is 349. The quantitative estimate of drug-likeness (QED) is 0.748. The molecular weight excluding hydrogens is 196 g/mol. The SMILES string of the molecule is O=C(c1cscn1)C1CC2CCC1N2. The second-order valence-electron chi connectivity index (χ2n) is 4.13. The Kier molecular flexibility index (Phi) is 1.92. The number of carbonyl (C=O) groups excluding carboxylic acids is 1. The van der Waals surface area contributed by atoms with Crippen LogP contribution in [0.3, 0.4) is 0 Å². The number of aromatic nitrogens is 1. The van der Waals surface area contributed by atoms with Crippen molar-refractivity contribution in [1.29, 1.82) is 0 Å². The summed E-state index contributed by atoms with van der Waals surface area (Å²) in [5.74, 6) is 0.432. The highest BCUT2D eigenvalue weighted by molar-refractivity contribution is 7.07. The van der Waals surface area contributed by atoms with Crippen molar-refractivity contribution in [2.45, 2.75) is 31.3 Å². The molecule has 1 aromatic rings. The molecule has 3 heterocycles. The first-order valence-corrected chi connectivity index (χ1v) is 5.97. The van der Waals surface area contributed by atoms with Crippen LogP contribution < -0.4 is 5.32 Å². The highest BCUT2D eigenvalue weighted by Gasteiger charge is 2.43. The van der Waals surface area contributed by atoms with Gasteiger partial charge < -0.3 is 5.32 Å². The van der Waals surface area contributed by atoms with Crippen LogP contribution in [0.15, 0.2) is 10.9 Å². The van der Waals surface area contributed by atoms with Crippen LogP contribution in [0.5, 0.6) is 0 Å². The summed E-state index contributed by atoms with van der Waals surface area (Å²) in [6.45, 7) is 0. The first-order valence-electron chi connectivity index (χ1n) is 5.03. The summed E-state index contributed by atoms with van der Waals surface area (Å²) in [4.78, 5) is 16.1. The van der Waals surface area contributed by atoms with Gasteiger partial charge in [-0.2, -0.15) is 0 Å². The largest absolute Gasteiger partial charge is 0.310 e. The first kappa shape index (κ1) is 8.56. The molecular formula is C10H12N2OS. The minimum absolute atomic E-state index is 0.191. The van der Waals surface area contributed by atoms with Gasteiger partial charge in [0, 0.05) is 23.4 Å². The van der Waals surface area contributed by atoms with Crippen LogP contribution in [0.25, 0.3) is 0 Å². The number of ketones is 1. The van der Waals surface area contributed by atoms with E-state index in [2.05, 4.69) is 10.3 Å². The zero-order valence-electron chi connectivity index (χ0n) is 7.77. The molecule has 2 fully saturated rings. The Labute approximate surface area is 86.5 Å². The lowest BCUT2D eigenvalue weighted by molar-refractivity contribution is 0.0896. The van der Waals surface area contributed by atoms with Crippen LogP contribution in [0.2, 0.25) is 0 Å². The van der Waals surface area contributed by atoms with Gasteiger partial charge in [0.25, 0.3) is 0 Å². The highest BCUT2D eigenvalue weighted by Crippen LogP contribution is 2.35. The minimum Gasteiger partial charge on any atom is -0.310 e. The van der Waals surface area contributed by atoms with Gasteiger partial charge in [-0.25, -0.2) is 4.98 Å².